The Morgan fingerprint density at radius 1 is 1.04 bits per heavy atom. The van der Waals surface area contributed by atoms with Crippen molar-refractivity contribution in [2.24, 2.45) is 23.2 Å². The molecule has 4 fully saturated rings. The number of nitrogens with one attached hydrogen (secondary N) is 1. The van der Waals surface area contributed by atoms with E-state index in [2.05, 4.69) is 12.2 Å². The van der Waals surface area contributed by atoms with Crippen molar-refractivity contribution >= 4 is 5.91 Å². The van der Waals surface area contributed by atoms with Gasteiger partial charge in [-0.3, -0.25) is 4.79 Å². The van der Waals surface area contributed by atoms with E-state index in [-0.39, 0.29) is 17.4 Å². The third-order valence-corrected chi connectivity index (χ3v) is 6.93. The van der Waals surface area contributed by atoms with E-state index in [1.165, 1.54) is 19.3 Å². The van der Waals surface area contributed by atoms with Crippen LogP contribution in [0.25, 0.3) is 0 Å². The first-order valence-corrected chi connectivity index (χ1v) is 9.82. The molecule has 4 heteroatoms. The molecule has 1 atom stereocenters. The first-order valence-electron chi connectivity index (χ1n) is 9.82. The highest BCUT2D eigenvalue weighted by molar-refractivity contribution is 5.83. The molecule has 0 unspecified atom stereocenters. The standard InChI is InChI=1S/C21H27NO3/c1-13(17-2-3-18-19(9-17)25-5-4-24-18)22-20(23)21-10-14-6-15(11-21)8-16(7-14)12-21/h2-3,9,13-16H,4-8,10-12H2,1H3,(H,22,23)/t13-,14?,15?,16?,21?/m1/s1. The zero-order chi connectivity index (χ0) is 17.0. The van der Waals surface area contributed by atoms with E-state index in [0.717, 1.165) is 54.1 Å². The third kappa shape index (κ3) is 2.61. The molecule has 25 heavy (non-hydrogen) atoms. The van der Waals surface area contributed by atoms with Gasteiger partial charge >= 0.3 is 0 Å². The topological polar surface area (TPSA) is 47.6 Å². The molecule has 5 aliphatic rings. The van der Waals surface area contributed by atoms with Gasteiger partial charge in [0, 0.05) is 5.41 Å². The average molecular weight is 341 g/mol. The Balaban J connectivity index is 1.32. The molecule has 0 aromatic heterocycles. The summed E-state index contributed by atoms with van der Waals surface area (Å²) in [5, 5.41) is 3.32. The SMILES string of the molecule is C[C@@H](NC(=O)C12CC3CC(CC(C3)C1)C2)c1ccc2c(c1)OCCO2. The number of rotatable bonds is 3. The van der Waals surface area contributed by atoms with Crippen LogP contribution < -0.4 is 14.8 Å². The van der Waals surface area contributed by atoms with E-state index in [1.807, 2.05) is 18.2 Å². The second kappa shape index (κ2) is 5.65. The number of hydrogen-bond donors (Lipinski definition) is 1. The van der Waals surface area contributed by atoms with Crippen LogP contribution >= 0.6 is 0 Å². The smallest absolute Gasteiger partial charge is 0.226 e. The van der Waals surface area contributed by atoms with Crippen LogP contribution in [0.2, 0.25) is 0 Å². The van der Waals surface area contributed by atoms with Crippen LogP contribution in [0.15, 0.2) is 18.2 Å². The van der Waals surface area contributed by atoms with E-state index in [4.69, 9.17) is 9.47 Å². The fraction of sp³-hybridized carbons (Fsp3) is 0.667. The summed E-state index contributed by atoms with van der Waals surface area (Å²) >= 11 is 0. The molecule has 6 rings (SSSR count). The second-order valence-electron chi connectivity index (χ2n) is 8.80. The predicted molar refractivity (Wildman–Crippen MR) is 94.6 cm³/mol. The van der Waals surface area contributed by atoms with Crippen LogP contribution in [0.1, 0.15) is 57.1 Å². The van der Waals surface area contributed by atoms with Crippen LogP contribution in [0, 0.1) is 23.2 Å². The molecule has 134 valence electrons. The van der Waals surface area contributed by atoms with E-state index in [9.17, 15) is 4.79 Å². The molecule has 0 saturated heterocycles. The van der Waals surface area contributed by atoms with Crippen LogP contribution in [0.5, 0.6) is 11.5 Å². The normalized spacial score (nSPS) is 36.1. The third-order valence-electron chi connectivity index (χ3n) is 6.93. The van der Waals surface area contributed by atoms with E-state index in [0.29, 0.717) is 13.2 Å². The molecule has 4 saturated carbocycles. The summed E-state index contributed by atoms with van der Waals surface area (Å²) in [4.78, 5) is 13.2. The van der Waals surface area contributed by atoms with E-state index >= 15 is 0 Å². The van der Waals surface area contributed by atoms with E-state index < -0.39 is 0 Å². The summed E-state index contributed by atoms with van der Waals surface area (Å²) in [6, 6.07) is 6.01. The largest absolute Gasteiger partial charge is 0.486 e. The van der Waals surface area contributed by atoms with Crippen LogP contribution in [-0.2, 0) is 4.79 Å². The molecule has 1 heterocycles. The molecule has 4 bridgehead atoms. The summed E-state index contributed by atoms with van der Waals surface area (Å²) < 4.78 is 11.3. The molecule has 1 N–H and O–H groups in total. The summed E-state index contributed by atoms with van der Waals surface area (Å²) in [5.41, 5.74) is 0.999. The molecule has 1 aliphatic heterocycles. The van der Waals surface area contributed by atoms with Gasteiger partial charge in [0.25, 0.3) is 0 Å². The van der Waals surface area contributed by atoms with Gasteiger partial charge in [0.15, 0.2) is 11.5 Å². The number of carbonyl (C=O) groups excluding carboxylic acids is 1. The highest BCUT2D eigenvalue weighted by Crippen LogP contribution is 2.60. The maximum absolute atomic E-state index is 13.2. The molecule has 1 aromatic rings. The van der Waals surface area contributed by atoms with Gasteiger partial charge in [-0.15, -0.1) is 0 Å². The minimum absolute atomic E-state index is 0.00340. The van der Waals surface area contributed by atoms with Gasteiger partial charge in [0.05, 0.1) is 6.04 Å². The van der Waals surface area contributed by atoms with Crippen LogP contribution in [0.4, 0.5) is 0 Å². The van der Waals surface area contributed by atoms with Crippen molar-refractivity contribution in [2.75, 3.05) is 13.2 Å². The first-order chi connectivity index (χ1) is 12.1. The first kappa shape index (κ1) is 15.5. The number of fused-ring (bicyclic) bond motifs is 1. The van der Waals surface area contributed by atoms with Crippen molar-refractivity contribution < 1.29 is 14.3 Å². The lowest BCUT2D eigenvalue weighted by atomic mass is 9.49. The maximum atomic E-state index is 13.2. The average Bonchev–Trinajstić information content (AvgIpc) is 2.60. The molecule has 1 amide bonds. The Bertz CT molecular complexity index is 663. The van der Waals surface area contributed by atoms with Crippen molar-refractivity contribution in [3.05, 3.63) is 23.8 Å². The van der Waals surface area contributed by atoms with Gasteiger partial charge in [-0.2, -0.15) is 0 Å². The molecule has 0 spiro atoms. The lowest BCUT2D eigenvalue weighted by Gasteiger charge is -2.55. The zero-order valence-electron chi connectivity index (χ0n) is 14.9. The van der Waals surface area contributed by atoms with E-state index in [1.54, 1.807) is 0 Å². The fourth-order valence-corrected chi connectivity index (χ4v) is 6.15. The fourth-order valence-electron chi connectivity index (χ4n) is 6.15. The Morgan fingerprint density at radius 2 is 1.64 bits per heavy atom. The van der Waals surface area contributed by atoms with Gasteiger partial charge in [-0.1, -0.05) is 6.07 Å². The second-order valence-corrected chi connectivity index (χ2v) is 8.80. The number of benzene rings is 1. The van der Waals surface area contributed by atoms with Crippen molar-refractivity contribution in [1.82, 2.24) is 5.32 Å². The highest BCUT2D eigenvalue weighted by atomic mass is 16.6. The number of amides is 1. The minimum Gasteiger partial charge on any atom is -0.486 e. The number of ether oxygens (including phenoxy) is 2. The Labute approximate surface area is 149 Å². The molecule has 1 aromatic carbocycles. The van der Waals surface area contributed by atoms with Crippen molar-refractivity contribution in [2.45, 2.75) is 51.5 Å². The van der Waals surface area contributed by atoms with Crippen molar-refractivity contribution in [1.29, 1.82) is 0 Å². The minimum atomic E-state index is -0.0865. The monoisotopic (exact) mass is 341 g/mol. The predicted octanol–water partition coefficient (Wildman–Crippen LogP) is 3.85. The molecular weight excluding hydrogens is 314 g/mol. The number of hydrogen-bond acceptors (Lipinski definition) is 3. The molecule has 0 radical (unpaired) electrons. The van der Waals surface area contributed by atoms with Crippen molar-refractivity contribution in [3.63, 3.8) is 0 Å². The molecule has 4 nitrogen and oxygen atoms in total. The number of carbonyl (C=O) groups is 1. The van der Waals surface area contributed by atoms with Gasteiger partial charge in [0.2, 0.25) is 5.91 Å². The molecule has 4 aliphatic carbocycles. The highest BCUT2D eigenvalue weighted by Gasteiger charge is 2.54. The van der Waals surface area contributed by atoms with Gasteiger partial charge in [-0.25, -0.2) is 0 Å². The summed E-state index contributed by atoms with van der Waals surface area (Å²) in [7, 11) is 0. The maximum Gasteiger partial charge on any atom is 0.226 e. The van der Waals surface area contributed by atoms with Gasteiger partial charge in [0.1, 0.15) is 13.2 Å². The van der Waals surface area contributed by atoms with Crippen LogP contribution in [-0.4, -0.2) is 19.1 Å². The lowest BCUT2D eigenvalue weighted by Crippen LogP contribution is -2.53. The van der Waals surface area contributed by atoms with Crippen molar-refractivity contribution in [3.8, 4) is 11.5 Å². The van der Waals surface area contributed by atoms with Gasteiger partial charge in [-0.05, 0) is 80.9 Å². The Hall–Kier alpha value is -1.71. The molecular formula is C21H27NO3. The summed E-state index contributed by atoms with van der Waals surface area (Å²) in [6.07, 6.45) is 7.43. The lowest BCUT2D eigenvalue weighted by molar-refractivity contribution is -0.147. The quantitative estimate of drug-likeness (QED) is 0.908. The Morgan fingerprint density at radius 3 is 2.28 bits per heavy atom. The van der Waals surface area contributed by atoms with Crippen LogP contribution in [0.3, 0.4) is 0 Å². The summed E-state index contributed by atoms with van der Waals surface area (Å²) in [5.74, 6) is 4.26. The zero-order valence-corrected chi connectivity index (χ0v) is 14.9. The van der Waals surface area contributed by atoms with Gasteiger partial charge < -0.3 is 14.8 Å². The summed E-state index contributed by atoms with van der Waals surface area (Å²) in [6.45, 7) is 3.26. The Kier molecular flexibility index (Phi) is 3.51.